The first kappa shape index (κ1) is 12.1. The SMILES string of the molecule is CCNc1ncnc(NCCCC2CC2)c1C. The van der Waals surface area contributed by atoms with E-state index in [1.54, 1.807) is 6.33 Å². The number of nitrogens with zero attached hydrogens (tertiary/aromatic N) is 2. The second kappa shape index (κ2) is 5.84. The number of hydrogen-bond acceptors (Lipinski definition) is 4. The lowest BCUT2D eigenvalue weighted by Gasteiger charge is -2.11. The fourth-order valence-electron chi connectivity index (χ4n) is 1.98. The maximum Gasteiger partial charge on any atom is 0.134 e. The van der Waals surface area contributed by atoms with Gasteiger partial charge >= 0.3 is 0 Å². The van der Waals surface area contributed by atoms with E-state index in [0.29, 0.717) is 0 Å². The molecule has 0 unspecified atom stereocenters. The van der Waals surface area contributed by atoms with E-state index in [9.17, 15) is 0 Å². The van der Waals surface area contributed by atoms with Crippen molar-refractivity contribution in [1.29, 1.82) is 0 Å². The van der Waals surface area contributed by atoms with Crippen LogP contribution in [0, 0.1) is 12.8 Å². The summed E-state index contributed by atoms with van der Waals surface area (Å²) in [6, 6.07) is 0. The smallest absolute Gasteiger partial charge is 0.134 e. The van der Waals surface area contributed by atoms with Gasteiger partial charge in [-0.15, -0.1) is 0 Å². The predicted molar refractivity (Wildman–Crippen MR) is 71.4 cm³/mol. The van der Waals surface area contributed by atoms with Crippen molar-refractivity contribution >= 4 is 11.6 Å². The molecule has 1 fully saturated rings. The van der Waals surface area contributed by atoms with Gasteiger partial charge in [-0.05, 0) is 32.6 Å². The summed E-state index contributed by atoms with van der Waals surface area (Å²) in [6.45, 7) is 6.03. The van der Waals surface area contributed by atoms with Crippen LogP contribution in [0.2, 0.25) is 0 Å². The molecule has 1 aromatic heterocycles. The molecule has 4 nitrogen and oxygen atoms in total. The monoisotopic (exact) mass is 234 g/mol. The fraction of sp³-hybridized carbons (Fsp3) is 0.692. The molecule has 1 aliphatic carbocycles. The Labute approximate surface area is 103 Å². The van der Waals surface area contributed by atoms with Gasteiger partial charge in [-0.1, -0.05) is 12.8 Å². The van der Waals surface area contributed by atoms with Crippen LogP contribution in [0.1, 0.15) is 38.2 Å². The maximum atomic E-state index is 4.29. The minimum absolute atomic E-state index is 0.888. The molecule has 1 heterocycles. The third-order valence-electron chi connectivity index (χ3n) is 3.21. The van der Waals surface area contributed by atoms with E-state index in [2.05, 4.69) is 34.4 Å². The molecule has 1 saturated carbocycles. The van der Waals surface area contributed by atoms with Gasteiger partial charge in [0, 0.05) is 18.7 Å². The largest absolute Gasteiger partial charge is 0.370 e. The molecule has 2 N–H and O–H groups in total. The summed E-state index contributed by atoms with van der Waals surface area (Å²) in [5, 5.41) is 6.65. The average molecular weight is 234 g/mol. The summed E-state index contributed by atoms with van der Waals surface area (Å²) in [7, 11) is 0. The van der Waals surface area contributed by atoms with Gasteiger partial charge in [-0.2, -0.15) is 0 Å². The fourth-order valence-corrected chi connectivity index (χ4v) is 1.98. The van der Waals surface area contributed by atoms with E-state index in [-0.39, 0.29) is 0 Å². The van der Waals surface area contributed by atoms with Gasteiger partial charge in [0.2, 0.25) is 0 Å². The first-order valence-electron chi connectivity index (χ1n) is 6.60. The molecule has 0 radical (unpaired) electrons. The summed E-state index contributed by atoms with van der Waals surface area (Å²) < 4.78 is 0. The summed E-state index contributed by atoms with van der Waals surface area (Å²) in [6.07, 6.45) is 7.10. The zero-order valence-corrected chi connectivity index (χ0v) is 10.8. The molecular formula is C13H22N4. The molecular weight excluding hydrogens is 212 g/mol. The molecule has 94 valence electrons. The third-order valence-corrected chi connectivity index (χ3v) is 3.21. The molecule has 0 aliphatic heterocycles. The molecule has 0 amide bonds. The summed E-state index contributed by atoms with van der Waals surface area (Å²) in [5.74, 6) is 2.92. The molecule has 0 atom stereocenters. The van der Waals surface area contributed by atoms with E-state index in [4.69, 9.17) is 0 Å². The lowest BCUT2D eigenvalue weighted by molar-refractivity contribution is 0.686. The second-order valence-electron chi connectivity index (χ2n) is 4.74. The quantitative estimate of drug-likeness (QED) is 0.712. The molecule has 0 bridgehead atoms. The van der Waals surface area contributed by atoms with Gasteiger partial charge in [0.25, 0.3) is 0 Å². The predicted octanol–water partition coefficient (Wildman–Crippen LogP) is 2.82. The van der Waals surface area contributed by atoms with Crippen LogP contribution < -0.4 is 10.6 Å². The number of anilines is 2. The van der Waals surface area contributed by atoms with Crippen LogP contribution in [0.4, 0.5) is 11.6 Å². The molecule has 0 spiro atoms. The van der Waals surface area contributed by atoms with Gasteiger partial charge < -0.3 is 10.6 Å². The van der Waals surface area contributed by atoms with Crippen LogP contribution in [0.25, 0.3) is 0 Å². The van der Waals surface area contributed by atoms with Crippen molar-refractivity contribution in [3.63, 3.8) is 0 Å². The number of aromatic nitrogens is 2. The van der Waals surface area contributed by atoms with E-state index in [1.807, 2.05) is 0 Å². The van der Waals surface area contributed by atoms with Crippen LogP contribution in [-0.4, -0.2) is 23.1 Å². The van der Waals surface area contributed by atoms with Crippen molar-refractivity contribution in [2.24, 2.45) is 5.92 Å². The highest BCUT2D eigenvalue weighted by molar-refractivity contribution is 5.56. The Morgan fingerprint density at radius 2 is 1.94 bits per heavy atom. The highest BCUT2D eigenvalue weighted by atomic mass is 15.1. The molecule has 1 aromatic rings. The van der Waals surface area contributed by atoms with Crippen LogP contribution in [0.5, 0.6) is 0 Å². The van der Waals surface area contributed by atoms with Crippen LogP contribution in [-0.2, 0) is 0 Å². The highest BCUT2D eigenvalue weighted by Crippen LogP contribution is 2.33. The zero-order chi connectivity index (χ0) is 12.1. The molecule has 2 rings (SSSR count). The standard InChI is InChI=1S/C13H22N4/c1-3-14-12-10(2)13(17-9-16-12)15-8-4-5-11-6-7-11/h9,11H,3-8H2,1-2H3,(H2,14,15,16,17). The Balaban J connectivity index is 1.83. The van der Waals surface area contributed by atoms with Gasteiger partial charge in [-0.3, -0.25) is 0 Å². The first-order chi connectivity index (χ1) is 8.31. The Morgan fingerprint density at radius 3 is 2.59 bits per heavy atom. The van der Waals surface area contributed by atoms with Crippen molar-refractivity contribution < 1.29 is 0 Å². The lowest BCUT2D eigenvalue weighted by atomic mass is 10.2. The zero-order valence-electron chi connectivity index (χ0n) is 10.8. The van der Waals surface area contributed by atoms with Crippen molar-refractivity contribution in [2.45, 2.75) is 39.5 Å². The van der Waals surface area contributed by atoms with Crippen molar-refractivity contribution in [3.8, 4) is 0 Å². The highest BCUT2D eigenvalue weighted by Gasteiger charge is 2.20. The number of rotatable bonds is 7. The van der Waals surface area contributed by atoms with Gasteiger partial charge in [0.1, 0.15) is 18.0 Å². The normalized spacial score (nSPS) is 14.7. The average Bonchev–Trinajstić information content (AvgIpc) is 3.13. The summed E-state index contributed by atoms with van der Waals surface area (Å²) in [4.78, 5) is 8.52. The molecule has 0 aromatic carbocycles. The summed E-state index contributed by atoms with van der Waals surface area (Å²) >= 11 is 0. The van der Waals surface area contributed by atoms with Crippen molar-refractivity contribution in [1.82, 2.24) is 9.97 Å². The van der Waals surface area contributed by atoms with E-state index >= 15 is 0 Å². The van der Waals surface area contributed by atoms with Crippen LogP contribution in [0.3, 0.4) is 0 Å². The van der Waals surface area contributed by atoms with E-state index in [0.717, 1.165) is 36.2 Å². The Hall–Kier alpha value is -1.32. The van der Waals surface area contributed by atoms with Crippen molar-refractivity contribution in [2.75, 3.05) is 23.7 Å². The maximum absolute atomic E-state index is 4.29. The number of hydrogen-bond donors (Lipinski definition) is 2. The molecule has 4 heteroatoms. The lowest BCUT2D eigenvalue weighted by Crippen LogP contribution is -2.09. The van der Waals surface area contributed by atoms with E-state index < -0.39 is 0 Å². The van der Waals surface area contributed by atoms with Crippen LogP contribution in [0.15, 0.2) is 6.33 Å². The number of nitrogens with one attached hydrogen (secondary N) is 2. The minimum Gasteiger partial charge on any atom is -0.370 e. The van der Waals surface area contributed by atoms with Gasteiger partial charge in [0.05, 0.1) is 0 Å². The Bertz CT molecular complexity index is 360. The minimum atomic E-state index is 0.888. The van der Waals surface area contributed by atoms with Gasteiger partial charge in [-0.25, -0.2) is 9.97 Å². The Morgan fingerprint density at radius 1 is 1.24 bits per heavy atom. The molecule has 17 heavy (non-hydrogen) atoms. The molecule has 1 aliphatic rings. The topological polar surface area (TPSA) is 49.8 Å². The Kier molecular flexibility index (Phi) is 4.18. The third kappa shape index (κ3) is 3.58. The summed E-state index contributed by atoms with van der Waals surface area (Å²) in [5.41, 5.74) is 1.11. The molecule has 0 saturated heterocycles. The first-order valence-corrected chi connectivity index (χ1v) is 6.60. The van der Waals surface area contributed by atoms with Crippen molar-refractivity contribution in [3.05, 3.63) is 11.9 Å². The van der Waals surface area contributed by atoms with Crippen LogP contribution >= 0.6 is 0 Å². The van der Waals surface area contributed by atoms with Gasteiger partial charge in [0.15, 0.2) is 0 Å². The van der Waals surface area contributed by atoms with E-state index in [1.165, 1.54) is 25.7 Å². The second-order valence-corrected chi connectivity index (χ2v) is 4.74.